The number of halogens is 1. The summed E-state index contributed by atoms with van der Waals surface area (Å²) in [6.45, 7) is 4.19. The number of nitrogens with zero attached hydrogens (tertiary/aromatic N) is 3. The summed E-state index contributed by atoms with van der Waals surface area (Å²) in [6, 6.07) is 12.1. The van der Waals surface area contributed by atoms with Crippen molar-refractivity contribution >= 4 is 38.6 Å². The number of rotatable bonds is 2. The van der Waals surface area contributed by atoms with Crippen LogP contribution in [0.25, 0.3) is 11.0 Å². The van der Waals surface area contributed by atoms with Crippen LogP contribution in [0.2, 0.25) is 0 Å². The zero-order chi connectivity index (χ0) is 17.7. The summed E-state index contributed by atoms with van der Waals surface area (Å²) < 4.78 is 3.14. The lowest BCUT2D eigenvalue weighted by Gasteiger charge is -2.23. The van der Waals surface area contributed by atoms with Crippen molar-refractivity contribution in [1.82, 2.24) is 9.55 Å². The molecule has 0 fully saturated rings. The van der Waals surface area contributed by atoms with Gasteiger partial charge >= 0.3 is 0 Å². The van der Waals surface area contributed by atoms with E-state index in [9.17, 15) is 4.79 Å². The molecule has 2 heterocycles. The van der Waals surface area contributed by atoms with Gasteiger partial charge in [-0.2, -0.15) is 0 Å². The number of anilines is 1. The van der Waals surface area contributed by atoms with Gasteiger partial charge in [-0.05, 0) is 55.3 Å². The van der Waals surface area contributed by atoms with Crippen molar-refractivity contribution in [3.8, 4) is 0 Å². The maximum absolute atomic E-state index is 13.2. The third kappa shape index (κ3) is 2.58. The molecular formula is C20H20BrN3O. The van der Waals surface area contributed by atoms with Crippen LogP contribution < -0.4 is 4.90 Å². The number of carbonyl (C=O) groups is 1. The summed E-state index contributed by atoms with van der Waals surface area (Å²) in [6.07, 6.45) is 1.76. The van der Waals surface area contributed by atoms with E-state index in [2.05, 4.69) is 45.4 Å². The smallest absolute Gasteiger partial charge is 0.258 e. The normalized spacial score (nSPS) is 16.5. The van der Waals surface area contributed by atoms with E-state index in [1.807, 2.05) is 42.3 Å². The lowest BCUT2D eigenvalue weighted by molar-refractivity contribution is 0.0981. The van der Waals surface area contributed by atoms with Gasteiger partial charge in [0.25, 0.3) is 5.91 Å². The van der Waals surface area contributed by atoms with Crippen LogP contribution in [0.4, 0.5) is 5.69 Å². The highest BCUT2D eigenvalue weighted by Gasteiger charge is 2.31. The third-order valence-electron chi connectivity index (χ3n) is 5.01. The Labute approximate surface area is 155 Å². The molecule has 5 heteroatoms. The molecule has 128 valence electrons. The van der Waals surface area contributed by atoms with Crippen LogP contribution >= 0.6 is 15.9 Å². The number of hydrogen-bond donors (Lipinski definition) is 0. The van der Waals surface area contributed by atoms with Crippen LogP contribution in [0.15, 0.2) is 40.9 Å². The maximum atomic E-state index is 13.2. The third-order valence-corrected chi connectivity index (χ3v) is 5.51. The van der Waals surface area contributed by atoms with Crippen molar-refractivity contribution in [2.45, 2.75) is 32.7 Å². The van der Waals surface area contributed by atoms with Gasteiger partial charge in [-0.15, -0.1) is 0 Å². The number of benzene rings is 2. The second-order valence-corrected chi connectivity index (χ2v) is 7.56. The lowest BCUT2D eigenvalue weighted by Crippen LogP contribution is -2.35. The zero-order valence-electron chi connectivity index (χ0n) is 14.6. The van der Waals surface area contributed by atoms with Gasteiger partial charge in [0.05, 0.1) is 11.0 Å². The largest absolute Gasteiger partial charge is 0.331 e. The first-order chi connectivity index (χ1) is 12.0. The second-order valence-electron chi connectivity index (χ2n) is 6.65. The number of fused-ring (bicyclic) bond motifs is 2. The summed E-state index contributed by atoms with van der Waals surface area (Å²) in [5.74, 6) is 1.07. The fourth-order valence-electron chi connectivity index (χ4n) is 3.75. The lowest BCUT2D eigenvalue weighted by atomic mass is 10.1. The summed E-state index contributed by atoms with van der Waals surface area (Å²) in [7, 11) is 2.02. The van der Waals surface area contributed by atoms with Crippen LogP contribution in [0.3, 0.4) is 0 Å². The molecule has 1 aliphatic rings. The van der Waals surface area contributed by atoms with E-state index in [-0.39, 0.29) is 11.9 Å². The Morgan fingerprint density at radius 2 is 2.08 bits per heavy atom. The Morgan fingerprint density at radius 3 is 2.84 bits per heavy atom. The molecule has 1 aromatic heterocycles. The molecule has 0 aliphatic carbocycles. The number of imidazole rings is 1. The molecule has 0 spiro atoms. The minimum atomic E-state index is 0.0409. The van der Waals surface area contributed by atoms with Gasteiger partial charge in [0.2, 0.25) is 0 Å². The predicted octanol–water partition coefficient (Wildman–Crippen LogP) is 4.49. The van der Waals surface area contributed by atoms with E-state index in [0.29, 0.717) is 5.56 Å². The Morgan fingerprint density at radius 1 is 1.28 bits per heavy atom. The Bertz CT molecular complexity index is 992. The van der Waals surface area contributed by atoms with Crippen molar-refractivity contribution in [2.24, 2.45) is 7.05 Å². The predicted molar refractivity (Wildman–Crippen MR) is 104 cm³/mol. The number of hydrogen-bond acceptors (Lipinski definition) is 2. The monoisotopic (exact) mass is 397 g/mol. The van der Waals surface area contributed by atoms with Gasteiger partial charge in [0, 0.05) is 35.2 Å². The number of aryl methyl sites for hydroxylation is 2. The molecule has 3 aromatic rings. The average molecular weight is 398 g/mol. The van der Waals surface area contributed by atoms with Crippen molar-refractivity contribution in [3.05, 3.63) is 57.8 Å². The zero-order valence-corrected chi connectivity index (χ0v) is 16.2. The minimum Gasteiger partial charge on any atom is -0.331 e. The SMILES string of the molecule is CCc1nc2cc(C(=O)N3c4ccc(Br)cc4C[C@H]3C)ccc2n1C. The molecule has 0 unspecified atom stereocenters. The first kappa shape index (κ1) is 16.3. The van der Waals surface area contributed by atoms with E-state index in [0.717, 1.165) is 39.9 Å². The van der Waals surface area contributed by atoms with Crippen molar-refractivity contribution in [1.29, 1.82) is 0 Å². The molecule has 0 N–H and O–H groups in total. The van der Waals surface area contributed by atoms with E-state index >= 15 is 0 Å². The standard InChI is InChI=1S/C20H20BrN3O/c1-4-19-22-16-11-13(5-7-18(16)23(19)3)20(25)24-12(2)9-14-10-15(21)6-8-17(14)24/h5-8,10-12H,4,9H2,1-3H3/t12-/m1/s1. The molecule has 0 saturated carbocycles. The molecule has 0 saturated heterocycles. The quantitative estimate of drug-likeness (QED) is 0.638. The molecule has 1 amide bonds. The summed E-state index contributed by atoms with van der Waals surface area (Å²) in [4.78, 5) is 19.8. The number of aromatic nitrogens is 2. The Balaban J connectivity index is 1.75. The van der Waals surface area contributed by atoms with Gasteiger partial charge < -0.3 is 9.47 Å². The van der Waals surface area contributed by atoms with E-state index < -0.39 is 0 Å². The van der Waals surface area contributed by atoms with Gasteiger partial charge in [-0.3, -0.25) is 4.79 Å². The van der Waals surface area contributed by atoms with Crippen LogP contribution in [-0.4, -0.2) is 21.5 Å². The van der Waals surface area contributed by atoms with E-state index in [1.54, 1.807) is 0 Å². The Hall–Kier alpha value is -2.14. The fourth-order valence-corrected chi connectivity index (χ4v) is 4.16. The van der Waals surface area contributed by atoms with Crippen molar-refractivity contribution < 1.29 is 4.79 Å². The molecule has 25 heavy (non-hydrogen) atoms. The number of carbonyl (C=O) groups excluding carboxylic acids is 1. The first-order valence-electron chi connectivity index (χ1n) is 8.57. The van der Waals surface area contributed by atoms with E-state index in [1.165, 1.54) is 5.56 Å². The minimum absolute atomic E-state index is 0.0409. The molecule has 0 radical (unpaired) electrons. The number of amides is 1. The van der Waals surface area contributed by atoms with Gasteiger partial charge in [0.1, 0.15) is 5.82 Å². The second kappa shape index (κ2) is 5.99. The highest BCUT2D eigenvalue weighted by molar-refractivity contribution is 9.10. The van der Waals surface area contributed by atoms with Crippen LogP contribution in [0, 0.1) is 0 Å². The first-order valence-corrected chi connectivity index (χ1v) is 9.36. The van der Waals surface area contributed by atoms with Gasteiger partial charge in [0.15, 0.2) is 0 Å². The molecule has 0 bridgehead atoms. The van der Waals surface area contributed by atoms with Gasteiger partial charge in [-0.1, -0.05) is 22.9 Å². The van der Waals surface area contributed by atoms with Crippen molar-refractivity contribution in [2.75, 3.05) is 4.90 Å². The highest BCUT2D eigenvalue weighted by atomic mass is 79.9. The van der Waals surface area contributed by atoms with E-state index in [4.69, 9.17) is 0 Å². The molecule has 1 atom stereocenters. The fraction of sp³-hybridized carbons (Fsp3) is 0.300. The summed E-state index contributed by atoms with van der Waals surface area (Å²) >= 11 is 3.52. The summed E-state index contributed by atoms with van der Waals surface area (Å²) in [5.41, 5.74) is 4.86. The van der Waals surface area contributed by atoms with Crippen LogP contribution in [0.5, 0.6) is 0 Å². The van der Waals surface area contributed by atoms with Crippen LogP contribution in [-0.2, 0) is 19.9 Å². The molecule has 1 aliphatic heterocycles. The molecular weight excluding hydrogens is 378 g/mol. The molecule has 4 nitrogen and oxygen atoms in total. The summed E-state index contributed by atoms with van der Waals surface area (Å²) in [5, 5.41) is 0. The van der Waals surface area contributed by atoms with Gasteiger partial charge in [-0.25, -0.2) is 4.98 Å². The highest BCUT2D eigenvalue weighted by Crippen LogP contribution is 2.35. The molecule has 4 rings (SSSR count). The topological polar surface area (TPSA) is 38.1 Å². The molecule has 2 aromatic carbocycles. The van der Waals surface area contributed by atoms with Crippen LogP contribution in [0.1, 0.15) is 35.6 Å². The Kier molecular flexibility index (Phi) is 3.91. The maximum Gasteiger partial charge on any atom is 0.258 e. The average Bonchev–Trinajstić information content (AvgIpc) is 3.09. The van der Waals surface area contributed by atoms with Crippen molar-refractivity contribution in [3.63, 3.8) is 0 Å².